The molecule has 4 aromatic rings. The number of aromatic nitrogens is 5. The van der Waals surface area contributed by atoms with Crippen LogP contribution in [0.2, 0.25) is 0 Å². The Labute approximate surface area is 193 Å². The monoisotopic (exact) mass is 447 g/mol. The first-order valence-electron chi connectivity index (χ1n) is 11.9. The average Bonchev–Trinajstić information content (AvgIpc) is 3.25. The van der Waals surface area contributed by atoms with Gasteiger partial charge in [-0.3, -0.25) is 14.3 Å². The molecule has 0 atom stereocenters. The molecule has 5 rings (SSSR count). The second-order valence-corrected chi connectivity index (χ2v) is 7.70. The van der Waals surface area contributed by atoms with Gasteiger partial charge in [-0.2, -0.15) is 0 Å². The van der Waals surface area contributed by atoms with Crippen LogP contribution in [0.1, 0.15) is 39.2 Å². The number of methoxy groups -OCH3 is 1. The van der Waals surface area contributed by atoms with Crippen molar-refractivity contribution in [2.45, 2.75) is 24.8 Å². The van der Waals surface area contributed by atoms with Crippen molar-refractivity contribution in [3.8, 4) is 23.0 Å². The van der Waals surface area contributed by atoms with Gasteiger partial charge in [0.05, 0.1) is 23.0 Å². The van der Waals surface area contributed by atoms with Crippen LogP contribution in [0, 0.1) is 5.82 Å². The SMILES string of the molecule is [2H]C([2H])([2H])Oc1ccc(-c2nnc(C3CC(NC(=O)c4ccccn4)C3)n2-c2ccccc2F)nc1. The van der Waals surface area contributed by atoms with Crippen molar-refractivity contribution < 1.29 is 18.0 Å². The van der Waals surface area contributed by atoms with Crippen LogP contribution in [0.3, 0.4) is 0 Å². The molecule has 33 heavy (non-hydrogen) atoms. The van der Waals surface area contributed by atoms with E-state index in [9.17, 15) is 9.18 Å². The zero-order valence-corrected chi connectivity index (χ0v) is 17.4. The molecule has 1 aliphatic carbocycles. The number of hydrogen-bond donors (Lipinski definition) is 1. The molecule has 3 aromatic heterocycles. The molecule has 1 amide bonds. The van der Waals surface area contributed by atoms with Crippen LogP contribution in [0.15, 0.2) is 67.0 Å². The number of para-hydroxylation sites is 1. The quantitative estimate of drug-likeness (QED) is 0.486. The molecule has 0 saturated heterocycles. The minimum absolute atomic E-state index is 0.0708. The summed E-state index contributed by atoms with van der Waals surface area (Å²) in [6.07, 6.45) is 4.04. The van der Waals surface area contributed by atoms with E-state index < -0.39 is 12.9 Å². The van der Waals surface area contributed by atoms with Crippen LogP contribution in [0.25, 0.3) is 17.2 Å². The Morgan fingerprint density at radius 3 is 2.70 bits per heavy atom. The van der Waals surface area contributed by atoms with E-state index in [1.807, 2.05) is 0 Å². The topological polar surface area (TPSA) is 94.8 Å². The molecular formula is C24H21FN6O2. The highest BCUT2D eigenvalue weighted by molar-refractivity contribution is 5.92. The predicted molar refractivity (Wildman–Crippen MR) is 119 cm³/mol. The van der Waals surface area contributed by atoms with E-state index in [2.05, 4.69) is 25.5 Å². The van der Waals surface area contributed by atoms with Crippen molar-refractivity contribution in [3.63, 3.8) is 0 Å². The summed E-state index contributed by atoms with van der Waals surface area (Å²) >= 11 is 0. The van der Waals surface area contributed by atoms with Gasteiger partial charge in [0, 0.05) is 18.2 Å². The van der Waals surface area contributed by atoms with Gasteiger partial charge in [0.1, 0.15) is 28.8 Å². The van der Waals surface area contributed by atoms with Crippen molar-refractivity contribution in [2.24, 2.45) is 0 Å². The summed E-state index contributed by atoms with van der Waals surface area (Å²) in [5, 5.41) is 11.6. The molecule has 3 heterocycles. The van der Waals surface area contributed by atoms with Gasteiger partial charge in [-0.25, -0.2) is 9.37 Å². The number of nitrogens with one attached hydrogen (secondary N) is 1. The third kappa shape index (κ3) is 4.05. The Balaban J connectivity index is 1.40. The van der Waals surface area contributed by atoms with Gasteiger partial charge < -0.3 is 10.1 Å². The van der Waals surface area contributed by atoms with Gasteiger partial charge in [-0.1, -0.05) is 18.2 Å². The van der Waals surface area contributed by atoms with Crippen molar-refractivity contribution >= 4 is 5.91 Å². The zero-order valence-electron chi connectivity index (χ0n) is 20.4. The lowest BCUT2D eigenvalue weighted by Crippen LogP contribution is -2.44. The highest BCUT2D eigenvalue weighted by Crippen LogP contribution is 2.39. The summed E-state index contributed by atoms with van der Waals surface area (Å²) in [5.41, 5.74) is 0.974. The number of carbonyl (C=O) groups excluding carboxylic acids is 1. The molecular weight excluding hydrogens is 423 g/mol. The van der Waals surface area contributed by atoms with Crippen LogP contribution >= 0.6 is 0 Å². The number of hydrogen-bond acceptors (Lipinski definition) is 6. The number of carbonyl (C=O) groups is 1. The molecule has 0 radical (unpaired) electrons. The van der Waals surface area contributed by atoms with Gasteiger partial charge in [-0.15, -0.1) is 10.2 Å². The maximum Gasteiger partial charge on any atom is 0.270 e. The Kier molecular flexibility index (Phi) is 4.63. The molecule has 0 spiro atoms. The highest BCUT2D eigenvalue weighted by atomic mass is 19.1. The number of benzene rings is 1. The summed E-state index contributed by atoms with van der Waals surface area (Å²) in [7, 11) is -2.60. The first-order chi connectivity index (χ1) is 17.3. The lowest BCUT2D eigenvalue weighted by atomic mass is 9.79. The van der Waals surface area contributed by atoms with Gasteiger partial charge in [0.25, 0.3) is 5.91 Å². The Morgan fingerprint density at radius 1 is 1.12 bits per heavy atom. The Bertz CT molecular complexity index is 1370. The first-order valence-corrected chi connectivity index (χ1v) is 10.4. The fourth-order valence-corrected chi connectivity index (χ4v) is 3.87. The summed E-state index contributed by atoms with van der Waals surface area (Å²) in [5.74, 6) is 0.138. The van der Waals surface area contributed by atoms with Crippen LogP contribution in [0.5, 0.6) is 5.75 Å². The lowest BCUT2D eigenvalue weighted by molar-refractivity contribution is 0.0902. The Hall–Kier alpha value is -4.14. The van der Waals surface area contributed by atoms with E-state index in [0.29, 0.717) is 35.9 Å². The molecule has 0 aliphatic heterocycles. The maximum absolute atomic E-state index is 14.9. The summed E-state index contributed by atoms with van der Waals surface area (Å²) < 4.78 is 43.0. The summed E-state index contributed by atoms with van der Waals surface area (Å²) in [4.78, 5) is 20.8. The van der Waals surface area contributed by atoms with E-state index in [1.54, 1.807) is 53.2 Å². The molecule has 1 fully saturated rings. The van der Waals surface area contributed by atoms with E-state index in [-0.39, 0.29) is 29.3 Å². The van der Waals surface area contributed by atoms with Crippen molar-refractivity contribution in [2.75, 3.05) is 7.04 Å². The molecule has 1 aromatic carbocycles. The normalized spacial score (nSPS) is 19.0. The lowest BCUT2D eigenvalue weighted by Gasteiger charge is -2.35. The van der Waals surface area contributed by atoms with E-state index in [1.165, 1.54) is 18.3 Å². The standard InChI is InChI=1S/C24H21FN6O2/c1-33-17-9-10-19(27-14-17)23-30-29-22(31(23)21-8-3-2-6-18(21)25)15-12-16(13-15)28-24(32)20-7-4-5-11-26-20/h2-11,14-16H,12-13H2,1H3,(H,28,32)/i1D3. The minimum atomic E-state index is -2.60. The number of halogens is 1. The van der Waals surface area contributed by atoms with Gasteiger partial charge >= 0.3 is 0 Å². The van der Waals surface area contributed by atoms with Crippen LogP contribution in [-0.4, -0.2) is 43.7 Å². The van der Waals surface area contributed by atoms with E-state index in [0.717, 1.165) is 0 Å². The third-order valence-corrected chi connectivity index (χ3v) is 5.60. The number of rotatable bonds is 6. The smallest absolute Gasteiger partial charge is 0.270 e. The molecule has 9 heteroatoms. The highest BCUT2D eigenvalue weighted by Gasteiger charge is 2.36. The fourth-order valence-electron chi connectivity index (χ4n) is 3.87. The first kappa shape index (κ1) is 17.4. The maximum atomic E-state index is 14.9. The van der Waals surface area contributed by atoms with Crippen molar-refractivity contribution in [1.29, 1.82) is 0 Å². The minimum Gasteiger partial charge on any atom is -0.495 e. The molecule has 8 nitrogen and oxygen atoms in total. The molecule has 1 aliphatic rings. The molecule has 0 unspecified atom stereocenters. The third-order valence-electron chi connectivity index (χ3n) is 5.60. The number of amides is 1. The van der Waals surface area contributed by atoms with Crippen LogP contribution in [-0.2, 0) is 0 Å². The molecule has 0 bridgehead atoms. The van der Waals surface area contributed by atoms with Crippen LogP contribution in [0.4, 0.5) is 4.39 Å². The number of pyridine rings is 2. The second kappa shape index (κ2) is 8.78. The van der Waals surface area contributed by atoms with Crippen molar-refractivity contribution in [3.05, 3.63) is 84.3 Å². The van der Waals surface area contributed by atoms with Gasteiger partial charge in [0.15, 0.2) is 5.82 Å². The van der Waals surface area contributed by atoms with Gasteiger partial charge in [0.2, 0.25) is 0 Å². The summed E-state index contributed by atoms with van der Waals surface area (Å²) in [6, 6.07) is 14.3. The van der Waals surface area contributed by atoms with Gasteiger partial charge in [-0.05, 0) is 49.2 Å². The van der Waals surface area contributed by atoms with E-state index in [4.69, 9.17) is 8.85 Å². The van der Waals surface area contributed by atoms with Crippen molar-refractivity contribution in [1.82, 2.24) is 30.0 Å². The second-order valence-electron chi connectivity index (χ2n) is 7.70. The summed E-state index contributed by atoms with van der Waals surface area (Å²) in [6.45, 7) is 0. The predicted octanol–water partition coefficient (Wildman–Crippen LogP) is 3.55. The Morgan fingerprint density at radius 2 is 1.97 bits per heavy atom. The molecule has 166 valence electrons. The average molecular weight is 447 g/mol. The fraction of sp³-hybridized carbons (Fsp3) is 0.208. The van der Waals surface area contributed by atoms with E-state index >= 15 is 0 Å². The number of nitrogens with zero attached hydrogens (tertiary/aromatic N) is 5. The molecule has 1 saturated carbocycles. The zero-order chi connectivity index (χ0) is 25.3. The van der Waals surface area contributed by atoms with Crippen LogP contribution < -0.4 is 10.1 Å². The number of ether oxygens (including phenoxy) is 1. The largest absolute Gasteiger partial charge is 0.495 e. The molecule has 1 N–H and O–H groups in total.